The molecular weight excluding hydrogens is 855 g/mol. The summed E-state index contributed by atoms with van der Waals surface area (Å²) < 4.78 is 5.54. The fourth-order valence-corrected chi connectivity index (χ4v) is 9.52. The fourth-order valence-electron chi connectivity index (χ4n) is 8.26. The van der Waals surface area contributed by atoms with Crippen LogP contribution in [0.3, 0.4) is 0 Å². The lowest BCUT2D eigenvalue weighted by Gasteiger charge is -2.35. The van der Waals surface area contributed by atoms with Gasteiger partial charge in [-0.2, -0.15) is 0 Å². The molecule has 4 aromatic heterocycles. The number of carbonyl (C=O) groups excluding carboxylic acids is 1. The van der Waals surface area contributed by atoms with Crippen molar-refractivity contribution in [3.8, 4) is 0 Å². The van der Waals surface area contributed by atoms with Crippen LogP contribution in [0.2, 0.25) is 0 Å². The van der Waals surface area contributed by atoms with Gasteiger partial charge in [0.2, 0.25) is 0 Å². The minimum Gasteiger partial charge on any atom is -0.444 e. The van der Waals surface area contributed by atoms with Gasteiger partial charge in [-0.1, -0.05) is 12.1 Å². The second kappa shape index (κ2) is 21.7. The topological polar surface area (TPSA) is 150 Å². The Bertz CT molecular complexity index is 2320. The number of nitrogens with zero attached hydrogens (tertiary/aromatic N) is 3. The first-order chi connectivity index (χ1) is 27.5. The summed E-state index contributed by atoms with van der Waals surface area (Å²) in [7, 11) is 3.92. The number of hydrogen-bond acceptors (Lipinski definition) is 7. The predicted molar refractivity (Wildman–Crippen MR) is 261 cm³/mol. The highest BCUT2D eigenvalue weighted by atomic mass is 35.5. The summed E-state index contributed by atoms with van der Waals surface area (Å²) in [5, 5.41) is 9.92. The molecule has 8 rings (SSSR count). The van der Waals surface area contributed by atoms with Crippen LogP contribution in [0, 0.1) is 0 Å². The number of fused-ring (bicyclic) bond motifs is 2. The Balaban J connectivity index is 0.000000258. The van der Waals surface area contributed by atoms with Crippen LogP contribution < -0.4 is 16.8 Å². The zero-order valence-electron chi connectivity index (χ0n) is 34.9. The first-order valence-corrected chi connectivity index (χ1v) is 21.8. The molecule has 15 heteroatoms. The molecule has 0 bridgehead atoms. The normalized spacial score (nSPS) is 19.6. The number of amides is 1. The van der Waals surface area contributed by atoms with Gasteiger partial charge in [-0.05, 0) is 161 Å². The zero-order chi connectivity index (χ0) is 40.1. The monoisotopic (exact) mass is 912 g/mol. The van der Waals surface area contributed by atoms with Crippen LogP contribution in [-0.4, -0.2) is 64.4 Å². The van der Waals surface area contributed by atoms with E-state index >= 15 is 0 Å². The number of aliphatic imine (C=N–C) groups is 2. The number of aromatic amines is 2. The van der Waals surface area contributed by atoms with Crippen molar-refractivity contribution < 1.29 is 9.53 Å². The standard InChI is InChI=1S/C25H32N4O2S.C20H24N4S.3ClH/c1-25(2,3)31-24(30)29(4)18-10-7-16(8-11-18)20-15-27-21-12-9-17(14-19(20)21)28-23(26)22-6-5-13-32-22;1-22-14-6-4-13(5-7-14)17-12-23-18-9-8-15(11-16(17)18)24-20(21)19-3-2-10-25-19;;;/h5-6,9,12-16,18,27H,7-8,10-11H2,1-4H3,(H2,26,28);2-3,8-14,22-23H,4-7H2,1H3,(H2,21,24);3*1H. The number of ether oxygens (including phenoxy) is 1. The van der Waals surface area contributed by atoms with Gasteiger partial charge in [-0.15, -0.1) is 59.9 Å². The van der Waals surface area contributed by atoms with Crippen molar-refractivity contribution in [2.24, 2.45) is 21.5 Å². The zero-order valence-corrected chi connectivity index (χ0v) is 39.0. The number of rotatable bonds is 8. The smallest absolute Gasteiger partial charge is 0.410 e. The molecule has 6 aromatic rings. The molecule has 0 saturated heterocycles. The van der Waals surface area contributed by atoms with E-state index in [0.717, 1.165) is 52.3 Å². The summed E-state index contributed by atoms with van der Waals surface area (Å²) in [6, 6.07) is 21.4. The first kappa shape index (κ1) is 48.6. The molecule has 2 aliphatic carbocycles. The first-order valence-electron chi connectivity index (χ1n) is 20.1. The minimum absolute atomic E-state index is 0. The Morgan fingerprint density at radius 1 is 0.733 bits per heavy atom. The maximum Gasteiger partial charge on any atom is 0.410 e. The highest BCUT2D eigenvalue weighted by Gasteiger charge is 2.31. The molecule has 2 saturated carbocycles. The summed E-state index contributed by atoms with van der Waals surface area (Å²) in [5.74, 6) is 2.22. The lowest BCUT2D eigenvalue weighted by Crippen LogP contribution is -2.42. The number of nitrogens with one attached hydrogen (secondary N) is 3. The molecular formula is C45H59Cl3N8O2S2. The molecule has 7 N–H and O–H groups in total. The molecule has 0 unspecified atom stereocenters. The van der Waals surface area contributed by atoms with Crippen molar-refractivity contribution in [1.82, 2.24) is 20.2 Å². The number of halogens is 3. The van der Waals surface area contributed by atoms with E-state index in [4.69, 9.17) is 16.2 Å². The fraction of sp³-hybridized carbons (Fsp3) is 0.400. The van der Waals surface area contributed by atoms with Gasteiger partial charge < -0.3 is 36.4 Å². The van der Waals surface area contributed by atoms with Crippen LogP contribution in [0.15, 0.2) is 93.8 Å². The highest BCUT2D eigenvalue weighted by Crippen LogP contribution is 2.40. The van der Waals surface area contributed by atoms with Crippen LogP contribution in [-0.2, 0) is 4.74 Å². The lowest BCUT2D eigenvalue weighted by atomic mass is 9.81. The molecule has 0 radical (unpaired) electrons. The summed E-state index contributed by atoms with van der Waals surface area (Å²) in [4.78, 5) is 32.3. The van der Waals surface area contributed by atoms with E-state index in [1.807, 2.05) is 75.0 Å². The number of amidine groups is 2. The SMILES string of the molecule is CN(C(=O)OC(C)(C)C)C1CCC(c2c[nH]c3ccc(N=C(N)c4cccs4)cc23)CC1.CNC1CCC(c2c[nH]c3ccc(N=C(N)c4cccs4)cc23)CC1.Cl.Cl.Cl. The number of H-pyrrole nitrogens is 2. The Kier molecular flexibility index (Phi) is 17.6. The number of thiophene rings is 2. The molecule has 0 aliphatic heterocycles. The Hall–Kier alpha value is -4.04. The molecule has 0 atom stereocenters. The Morgan fingerprint density at radius 3 is 1.58 bits per heavy atom. The van der Waals surface area contributed by atoms with Crippen molar-refractivity contribution >= 4 is 111 Å². The number of nitrogens with two attached hydrogens (primary N) is 2. The predicted octanol–water partition coefficient (Wildman–Crippen LogP) is 11.9. The second-order valence-electron chi connectivity index (χ2n) is 16.3. The third-order valence-corrected chi connectivity index (χ3v) is 13.2. The average molecular weight is 915 g/mol. The molecule has 0 spiro atoms. The van der Waals surface area contributed by atoms with Crippen LogP contribution in [0.1, 0.15) is 105 Å². The Morgan fingerprint density at radius 2 is 1.18 bits per heavy atom. The van der Waals surface area contributed by atoms with Crippen molar-refractivity contribution in [3.05, 3.63) is 105 Å². The third-order valence-electron chi connectivity index (χ3n) is 11.4. The van der Waals surface area contributed by atoms with Gasteiger partial charge in [0.25, 0.3) is 0 Å². The second-order valence-corrected chi connectivity index (χ2v) is 18.2. The molecule has 324 valence electrons. The summed E-state index contributed by atoms with van der Waals surface area (Å²) >= 11 is 3.21. The highest BCUT2D eigenvalue weighted by molar-refractivity contribution is 7.12. The summed E-state index contributed by atoms with van der Waals surface area (Å²) in [6.07, 6.45) is 13.1. The van der Waals surface area contributed by atoms with Gasteiger partial charge in [0.05, 0.1) is 21.1 Å². The maximum atomic E-state index is 12.4. The Labute approximate surface area is 380 Å². The molecule has 10 nitrogen and oxygen atoms in total. The number of carbonyl (C=O) groups is 1. The van der Waals surface area contributed by atoms with Crippen molar-refractivity contribution in [1.29, 1.82) is 0 Å². The summed E-state index contributed by atoms with van der Waals surface area (Å²) in [6.45, 7) is 5.71. The van der Waals surface area contributed by atoms with Gasteiger partial charge >= 0.3 is 6.09 Å². The average Bonchev–Trinajstić information content (AvgIpc) is 4.05. The quantitative estimate of drug-likeness (QED) is 0.0761. The van der Waals surface area contributed by atoms with E-state index in [9.17, 15) is 4.79 Å². The number of hydrogen-bond donors (Lipinski definition) is 5. The van der Waals surface area contributed by atoms with Crippen LogP contribution in [0.25, 0.3) is 21.8 Å². The molecule has 4 heterocycles. The molecule has 2 aromatic carbocycles. The largest absolute Gasteiger partial charge is 0.444 e. The van der Waals surface area contributed by atoms with Crippen molar-refractivity contribution in [3.63, 3.8) is 0 Å². The van der Waals surface area contributed by atoms with E-state index in [-0.39, 0.29) is 49.4 Å². The van der Waals surface area contributed by atoms with Gasteiger partial charge in [-0.3, -0.25) is 0 Å². The lowest BCUT2D eigenvalue weighted by molar-refractivity contribution is 0.0183. The van der Waals surface area contributed by atoms with Crippen LogP contribution >= 0.6 is 59.9 Å². The van der Waals surface area contributed by atoms with Crippen LogP contribution in [0.4, 0.5) is 16.2 Å². The van der Waals surface area contributed by atoms with E-state index in [1.165, 1.54) is 53.1 Å². The molecule has 1 amide bonds. The van der Waals surface area contributed by atoms with Crippen LogP contribution in [0.5, 0.6) is 0 Å². The third kappa shape index (κ3) is 11.9. The number of aromatic nitrogens is 2. The van der Waals surface area contributed by atoms with E-state index in [0.29, 0.717) is 29.5 Å². The van der Waals surface area contributed by atoms with Gasteiger partial charge in [0.15, 0.2) is 0 Å². The van der Waals surface area contributed by atoms with Crippen molar-refractivity contribution in [2.45, 2.75) is 102 Å². The minimum atomic E-state index is -0.473. The van der Waals surface area contributed by atoms with E-state index in [1.54, 1.807) is 27.6 Å². The molecule has 60 heavy (non-hydrogen) atoms. The van der Waals surface area contributed by atoms with Gasteiger partial charge in [-0.25, -0.2) is 14.8 Å². The number of benzene rings is 2. The van der Waals surface area contributed by atoms with E-state index in [2.05, 4.69) is 69.0 Å². The molecule has 2 fully saturated rings. The maximum absolute atomic E-state index is 12.4. The molecule has 2 aliphatic rings. The summed E-state index contributed by atoms with van der Waals surface area (Å²) in [5.41, 5.74) is 18.7. The van der Waals surface area contributed by atoms with E-state index < -0.39 is 5.60 Å². The van der Waals surface area contributed by atoms with Gasteiger partial charge in [0, 0.05) is 53.3 Å². The van der Waals surface area contributed by atoms with Gasteiger partial charge in [0.1, 0.15) is 17.3 Å². The van der Waals surface area contributed by atoms with Crippen molar-refractivity contribution in [2.75, 3.05) is 14.1 Å².